The molecule has 0 aliphatic rings. The lowest BCUT2D eigenvalue weighted by molar-refractivity contribution is 0.366. The van der Waals surface area contributed by atoms with Crippen LogP contribution in [0, 0.1) is 6.92 Å². The average molecular weight is 154 g/mol. The van der Waals surface area contributed by atoms with Gasteiger partial charge in [0.25, 0.3) is 0 Å². The maximum absolute atomic E-state index is 4.89. The van der Waals surface area contributed by atoms with Crippen molar-refractivity contribution in [2.24, 2.45) is 0 Å². The minimum absolute atomic E-state index is 0.0394. The van der Waals surface area contributed by atoms with Gasteiger partial charge in [0.2, 0.25) is 5.89 Å². The zero-order valence-corrected chi connectivity index (χ0v) is 7.51. The first-order valence-electron chi connectivity index (χ1n) is 3.87. The fraction of sp³-hybridized carbons (Fsp3) is 0.750. The molecule has 3 nitrogen and oxygen atoms in total. The topological polar surface area (TPSA) is 38.9 Å². The predicted octanol–water partition coefficient (Wildman–Crippen LogP) is 2.07. The largest absolute Gasteiger partial charge is 0.340 e. The van der Waals surface area contributed by atoms with E-state index in [1.165, 1.54) is 0 Å². The lowest BCUT2D eigenvalue weighted by atomic mass is 9.90. The van der Waals surface area contributed by atoms with E-state index in [0.717, 1.165) is 12.2 Å². The molecule has 11 heavy (non-hydrogen) atoms. The van der Waals surface area contributed by atoms with Crippen LogP contribution in [0.15, 0.2) is 4.52 Å². The minimum atomic E-state index is 0.0394. The van der Waals surface area contributed by atoms with Gasteiger partial charge in [0.15, 0.2) is 5.82 Å². The van der Waals surface area contributed by atoms with E-state index in [1.807, 2.05) is 6.92 Å². The highest BCUT2D eigenvalue weighted by atomic mass is 16.5. The number of nitrogens with zero attached hydrogens (tertiary/aromatic N) is 2. The molecular weight excluding hydrogens is 140 g/mol. The van der Waals surface area contributed by atoms with Gasteiger partial charge < -0.3 is 4.52 Å². The highest BCUT2D eigenvalue weighted by Crippen LogP contribution is 2.23. The second-order valence-corrected chi connectivity index (χ2v) is 3.37. The Morgan fingerprint density at radius 3 is 2.45 bits per heavy atom. The summed E-state index contributed by atoms with van der Waals surface area (Å²) < 4.78 is 4.89. The molecule has 1 aromatic rings. The molecule has 3 heteroatoms. The van der Waals surface area contributed by atoms with E-state index < -0.39 is 0 Å². The maximum atomic E-state index is 4.89. The second-order valence-electron chi connectivity index (χ2n) is 3.37. The molecule has 0 radical (unpaired) electrons. The Labute approximate surface area is 66.8 Å². The summed E-state index contributed by atoms with van der Waals surface area (Å²) in [5.41, 5.74) is 0.0394. The molecule has 0 atom stereocenters. The third-order valence-corrected chi connectivity index (χ3v) is 2.02. The van der Waals surface area contributed by atoms with Gasteiger partial charge in [-0.3, -0.25) is 0 Å². The third kappa shape index (κ3) is 1.59. The van der Waals surface area contributed by atoms with E-state index in [9.17, 15) is 0 Å². The molecule has 62 valence electrons. The Bertz CT molecular complexity index is 240. The van der Waals surface area contributed by atoms with Crippen molar-refractivity contribution in [3.8, 4) is 0 Å². The number of aromatic nitrogens is 2. The summed E-state index contributed by atoms with van der Waals surface area (Å²) in [6, 6.07) is 0. The van der Waals surface area contributed by atoms with Gasteiger partial charge in [-0.25, -0.2) is 0 Å². The van der Waals surface area contributed by atoms with Crippen molar-refractivity contribution in [2.45, 2.75) is 39.5 Å². The van der Waals surface area contributed by atoms with E-state index in [1.54, 1.807) is 0 Å². The van der Waals surface area contributed by atoms with Gasteiger partial charge in [0.1, 0.15) is 0 Å². The van der Waals surface area contributed by atoms with Crippen molar-refractivity contribution in [3.63, 3.8) is 0 Å². The van der Waals surface area contributed by atoms with E-state index >= 15 is 0 Å². The lowest BCUT2D eigenvalue weighted by Gasteiger charge is -2.16. The molecule has 0 aliphatic heterocycles. The van der Waals surface area contributed by atoms with Crippen LogP contribution in [0.1, 0.15) is 38.9 Å². The van der Waals surface area contributed by atoms with Crippen molar-refractivity contribution in [2.75, 3.05) is 0 Å². The summed E-state index contributed by atoms with van der Waals surface area (Å²) in [6.07, 6.45) is 1.02. The smallest absolute Gasteiger partial charge is 0.223 e. The third-order valence-electron chi connectivity index (χ3n) is 2.02. The summed E-state index contributed by atoms with van der Waals surface area (Å²) in [7, 11) is 0. The number of hydrogen-bond donors (Lipinski definition) is 0. The van der Waals surface area contributed by atoms with Crippen LogP contribution in [-0.4, -0.2) is 10.1 Å². The van der Waals surface area contributed by atoms with Crippen molar-refractivity contribution in [3.05, 3.63) is 11.7 Å². The van der Waals surface area contributed by atoms with Crippen LogP contribution >= 0.6 is 0 Å². The average Bonchev–Trinajstić information content (AvgIpc) is 2.36. The van der Waals surface area contributed by atoms with E-state index in [4.69, 9.17) is 4.52 Å². The van der Waals surface area contributed by atoms with Gasteiger partial charge in [-0.05, 0) is 6.42 Å². The monoisotopic (exact) mass is 154 g/mol. The molecule has 0 amide bonds. The van der Waals surface area contributed by atoms with Crippen molar-refractivity contribution in [1.82, 2.24) is 10.1 Å². The highest BCUT2D eigenvalue weighted by Gasteiger charge is 2.23. The molecule has 1 aromatic heterocycles. The zero-order valence-electron chi connectivity index (χ0n) is 7.51. The fourth-order valence-corrected chi connectivity index (χ4v) is 0.732. The minimum Gasteiger partial charge on any atom is -0.340 e. The summed E-state index contributed by atoms with van der Waals surface area (Å²) in [6.45, 7) is 8.14. The zero-order chi connectivity index (χ0) is 8.48. The first kappa shape index (κ1) is 8.24. The van der Waals surface area contributed by atoms with Gasteiger partial charge in [0, 0.05) is 12.3 Å². The molecular formula is C8H14N2O. The first-order valence-corrected chi connectivity index (χ1v) is 3.87. The van der Waals surface area contributed by atoms with Gasteiger partial charge in [0.05, 0.1) is 0 Å². The SMILES string of the molecule is CCC(C)(C)c1noc(C)n1. The Morgan fingerprint density at radius 1 is 1.45 bits per heavy atom. The molecule has 1 rings (SSSR count). The number of hydrogen-bond acceptors (Lipinski definition) is 3. The quantitative estimate of drug-likeness (QED) is 0.654. The van der Waals surface area contributed by atoms with Crippen LogP contribution in [0.25, 0.3) is 0 Å². The van der Waals surface area contributed by atoms with Crippen LogP contribution < -0.4 is 0 Å². The molecule has 0 N–H and O–H groups in total. The normalized spacial score (nSPS) is 12.0. The van der Waals surface area contributed by atoms with E-state index in [0.29, 0.717) is 5.89 Å². The fourth-order valence-electron chi connectivity index (χ4n) is 0.732. The molecule has 1 heterocycles. The molecule has 0 saturated heterocycles. The lowest BCUT2D eigenvalue weighted by Crippen LogP contribution is -2.17. The molecule has 0 bridgehead atoms. The van der Waals surface area contributed by atoms with Gasteiger partial charge in [-0.15, -0.1) is 0 Å². The molecule has 0 unspecified atom stereocenters. The molecule has 0 fully saturated rings. The summed E-state index contributed by atoms with van der Waals surface area (Å²) >= 11 is 0. The van der Waals surface area contributed by atoms with Crippen molar-refractivity contribution < 1.29 is 4.52 Å². The maximum Gasteiger partial charge on any atom is 0.223 e. The first-order chi connectivity index (χ1) is 5.06. The van der Waals surface area contributed by atoms with Crippen molar-refractivity contribution >= 4 is 0 Å². The Morgan fingerprint density at radius 2 is 2.09 bits per heavy atom. The summed E-state index contributed by atoms with van der Waals surface area (Å²) in [4.78, 5) is 4.18. The molecule has 0 aromatic carbocycles. The molecule has 0 saturated carbocycles. The Balaban J connectivity index is 2.92. The van der Waals surface area contributed by atoms with Crippen LogP contribution in [-0.2, 0) is 5.41 Å². The number of aryl methyl sites for hydroxylation is 1. The van der Waals surface area contributed by atoms with Gasteiger partial charge in [-0.2, -0.15) is 4.98 Å². The number of rotatable bonds is 2. The van der Waals surface area contributed by atoms with Crippen LogP contribution in [0.5, 0.6) is 0 Å². The van der Waals surface area contributed by atoms with Crippen LogP contribution in [0.3, 0.4) is 0 Å². The van der Waals surface area contributed by atoms with Gasteiger partial charge >= 0.3 is 0 Å². The highest BCUT2D eigenvalue weighted by molar-refractivity contribution is 5.00. The van der Waals surface area contributed by atoms with Crippen LogP contribution in [0.4, 0.5) is 0 Å². The van der Waals surface area contributed by atoms with Crippen molar-refractivity contribution in [1.29, 1.82) is 0 Å². The van der Waals surface area contributed by atoms with E-state index in [-0.39, 0.29) is 5.41 Å². The summed E-state index contributed by atoms with van der Waals surface area (Å²) in [5.74, 6) is 1.44. The second kappa shape index (κ2) is 2.64. The molecule has 0 spiro atoms. The predicted molar refractivity (Wildman–Crippen MR) is 42.4 cm³/mol. The Hall–Kier alpha value is -0.860. The summed E-state index contributed by atoms with van der Waals surface area (Å²) in [5, 5.41) is 3.87. The van der Waals surface area contributed by atoms with Gasteiger partial charge in [-0.1, -0.05) is 25.9 Å². The molecule has 0 aliphatic carbocycles. The standard InChI is InChI=1S/C8H14N2O/c1-5-8(3,4)7-9-6(2)11-10-7/h5H2,1-4H3. The Kier molecular flexibility index (Phi) is 1.98. The van der Waals surface area contributed by atoms with E-state index in [2.05, 4.69) is 30.9 Å². The van der Waals surface area contributed by atoms with Crippen LogP contribution in [0.2, 0.25) is 0 Å².